The van der Waals surface area contributed by atoms with Crippen molar-refractivity contribution < 1.29 is 22.4 Å². The molecule has 2 heteroatoms. The molecule has 0 aliphatic rings. The van der Waals surface area contributed by atoms with E-state index in [1.165, 1.54) is 26.7 Å². The normalized spacial score (nSPS) is 10.0. The summed E-state index contributed by atoms with van der Waals surface area (Å²) < 4.78 is 0. The third-order valence-electron chi connectivity index (χ3n) is 4.64. The number of rotatable bonds is 3. The van der Waals surface area contributed by atoms with Gasteiger partial charge in [-0.15, -0.1) is 16.8 Å². The first-order valence-corrected chi connectivity index (χ1v) is 11.1. The van der Waals surface area contributed by atoms with Crippen molar-refractivity contribution in [3.63, 3.8) is 0 Å². The Kier molecular flexibility index (Phi) is 8.63. The van der Waals surface area contributed by atoms with Gasteiger partial charge in [0.25, 0.3) is 0 Å². The Balaban J connectivity index is 0.000000197. The Hall–Kier alpha value is -2.47. The molecule has 5 rings (SSSR count). The van der Waals surface area contributed by atoms with E-state index in [1.807, 2.05) is 24.3 Å². The minimum Gasteiger partial charge on any atom is -0.183 e. The van der Waals surface area contributed by atoms with Crippen molar-refractivity contribution in [1.82, 2.24) is 0 Å². The largest absolute Gasteiger partial charge is 1.00 e. The van der Waals surface area contributed by atoms with E-state index in [0.29, 0.717) is 0 Å². The van der Waals surface area contributed by atoms with E-state index in [9.17, 15) is 0 Å². The molecule has 0 fully saturated rings. The molecule has 5 aromatic carbocycles. The van der Waals surface area contributed by atoms with Crippen LogP contribution in [0.25, 0.3) is 10.8 Å². The summed E-state index contributed by atoms with van der Waals surface area (Å²) >= 11 is 0. The van der Waals surface area contributed by atoms with E-state index in [4.69, 9.17) is 0 Å². The van der Waals surface area contributed by atoms with Crippen LogP contribution < -0.4 is 15.9 Å². The molecular weight excluding hydrogens is 564 g/mol. The first kappa shape index (κ1) is 22.2. The molecule has 0 saturated carbocycles. The van der Waals surface area contributed by atoms with Gasteiger partial charge < -0.3 is 0 Å². The molecular formula is C28H22AuP. The SMILES string of the molecule is [Au+].[c-]1ccc2ccccc2c1.c1ccc(P(c2ccccc2)c2ccccc2)cc1. The smallest absolute Gasteiger partial charge is 0.183 e. The summed E-state index contributed by atoms with van der Waals surface area (Å²) in [6.45, 7) is 0. The van der Waals surface area contributed by atoms with Gasteiger partial charge in [-0.25, -0.2) is 0 Å². The zero-order valence-electron chi connectivity index (χ0n) is 16.5. The Morgan fingerprint density at radius 1 is 0.433 bits per heavy atom. The number of hydrogen-bond donors (Lipinski definition) is 0. The summed E-state index contributed by atoms with van der Waals surface area (Å²) in [7, 11) is -0.446. The first-order valence-electron chi connectivity index (χ1n) is 9.72. The van der Waals surface area contributed by atoms with Crippen molar-refractivity contribution in [3.8, 4) is 0 Å². The molecule has 0 atom stereocenters. The first-order chi connectivity index (χ1) is 14.4. The van der Waals surface area contributed by atoms with Gasteiger partial charge in [-0.1, -0.05) is 109 Å². The van der Waals surface area contributed by atoms with Crippen LogP contribution in [0.15, 0.2) is 133 Å². The molecule has 0 amide bonds. The molecule has 0 aromatic heterocycles. The fraction of sp³-hybridized carbons (Fsp3) is 0. The number of benzene rings is 5. The summed E-state index contributed by atoms with van der Waals surface area (Å²) in [5.41, 5.74) is 0. The van der Waals surface area contributed by atoms with Crippen LogP contribution in [0.1, 0.15) is 0 Å². The van der Waals surface area contributed by atoms with Gasteiger partial charge in [-0.2, -0.15) is 24.3 Å². The number of hydrogen-bond acceptors (Lipinski definition) is 0. The van der Waals surface area contributed by atoms with Crippen LogP contribution in [0.3, 0.4) is 0 Å². The van der Waals surface area contributed by atoms with E-state index >= 15 is 0 Å². The summed E-state index contributed by atoms with van der Waals surface area (Å²) in [5, 5.41) is 6.73. The van der Waals surface area contributed by atoms with Crippen LogP contribution in [0.2, 0.25) is 0 Å². The van der Waals surface area contributed by atoms with Crippen molar-refractivity contribution in [2.24, 2.45) is 0 Å². The van der Waals surface area contributed by atoms with Crippen LogP contribution in [0.5, 0.6) is 0 Å². The molecule has 0 heterocycles. The number of fused-ring (bicyclic) bond motifs is 1. The van der Waals surface area contributed by atoms with Crippen LogP contribution in [-0.2, 0) is 22.4 Å². The maximum atomic E-state index is 3.04. The Morgan fingerprint density at radius 2 is 0.833 bits per heavy atom. The Bertz CT molecular complexity index is 983. The van der Waals surface area contributed by atoms with Gasteiger partial charge in [-0.3, -0.25) is 0 Å². The van der Waals surface area contributed by atoms with Gasteiger partial charge in [-0.05, 0) is 23.8 Å². The molecule has 5 aromatic rings. The molecule has 0 aliphatic heterocycles. The Morgan fingerprint density at radius 3 is 1.27 bits per heavy atom. The van der Waals surface area contributed by atoms with Crippen molar-refractivity contribution in [1.29, 1.82) is 0 Å². The molecule has 0 saturated heterocycles. The second-order valence-electron chi connectivity index (χ2n) is 6.62. The third kappa shape index (κ3) is 5.79. The fourth-order valence-corrected chi connectivity index (χ4v) is 5.55. The summed E-state index contributed by atoms with van der Waals surface area (Å²) in [6, 6.07) is 49.6. The monoisotopic (exact) mass is 586 g/mol. The van der Waals surface area contributed by atoms with Crippen molar-refractivity contribution in [2.75, 3.05) is 0 Å². The van der Waals surface area contributed by atoms with Gasteiger partial charge in [0.05, 0.1) is 0 Å². The minimum absolute atomic E-state index is 0. The van der Waals surface area contributed by atoms with E-state index in [1.54, 1.807) is 0 Å². The predicted octanol–water partition coefficient (Wildman–Crippen LogP) is 6.08. The molecule has 0 spiro atoms. The summed E-state index contributed by atoms with van der Waals surface area (Å²) in [6.07, 6.45) is 0. The molecule has 0 aliphatic carbocycles. The second-order valence-corrected chi connectivity index (χ2v) is 8.84. The van der Waals surface area contributed by atoms with Gasteiger partial charge in [0, 0.05) is 0 Å². The topological polar surface area (TPSA) is 0 Å². The quantitative estimate of drug-likeness (QED) is 0.137. The molecule has 0 N–H and O–H groups in total. The molecule has 0 radical (unpaired) electrons. The zero-order chi connectivity index (χ0) is 19.7. The minimum atomic E-state index is -0.446. The van der Waals surface area contributed by atoms with Crippen molar-refractivity contribution >= 4 is 34.6 Å². The van der Waals surface area contributed by atoms with Gasteiger partial charge in [0.2, 0.25) is 0 Å². The summed E-state index contributed by atoms with van der Waals surface area (Å²) in [5.74, 6) is 0. The average Bonchev–Trinajstić information content (AvgIpc) is 2.82. The standard InChI is InChI=1S/C18H15P.C10H7.Au/c1-4-10-16(11-5-1)19(17-12-6-2-7-13-17)18-14-8-3-9-15-18;1-2-6-10-8-4-3-7-9(10)5-1;/h1-15H;1-3,5-8H;/q;-1;+1. The van der Waals surface area contributed by atoms with Crippen molar-refractivity contribution in [2.45, 2.75) is 0 Å². The maximum Gasteiger partial charge on any atom is 1.00 e. The van der Waals surface area contributed by atoms with Gasteiger partial charge in [0.15, 0.2) is 0 Å². The molecule has 0 bridgehead atoms. The predicted molar refractivity (Wildman–Crippen MR) is 128 cm³/mol. The molecule has 0 nitrogen and oxygen atoms in total. The average molecular weight is 586 g/mol. The van der Waals surface area contributed by atoms with E-state index < -0.39 is 7.92 Å². The Labute approximate surface area is 195 Å². The maximum absolute atomic E-state index is 3.04. The van der Waals surface area contributed by atoms with E-state index in [2.05, 4.69) is 115 Å². The third-order valence-corrected chi connectivity index (χ3v) is 7.08. The van der Waals surface area contributed by atoms with Crippen LogP contribution in [-0.4, -0.2) is 0 Å². The summed E-state index contributed by atoms with van der Waals surface area (Å²) in [4.78, 5) is 0. The molecule has 150 valence electrons. The van der Waals surface area contributed by atoms with Crippen LogP contribution in [0.4, 0.5) is 0 Å². The fourth-order valence-electron chi connectivity index (χ4n) is 3.25. The van der Waals surface area contributed by atoms with Gasteiger partial charge >= 0.3 is 22.4 Å². The van der Waals surface area contributed by atoms with Crippen molar-refractivity contribution in [3.05, 3.63) is 140 Å². The van der Waals surface area contributed by atoms with Crippen LogP contribution >= 0.6 is 7.92 Å². The van der Waals surface area contributed by atoms with E-state index in [0.717, 1.165) is 0 Å². The van der Waals surface area contributed by atoms with Gasteiger partial charge in [0.1, 0.15) is 0 Å². The zero-order valence-corrected chi connectivity index (χ0v) is 19.5. The molecule has 0 unspecified atom stereocenters. The van der Waals surface area contributed by atoms with E-state index in [-0.39, 0.29) is 22.4 Å². The molecule has 30 heavy (non-hydrogen) atoms. The second kappa shape index (κ2) is 11.6. The van der Waals surface area contributed by atoms with Crippen LogP contribution in [0, 0.1) is 6.07 Å².